The van der Waals surface area contributed by atoms with E-state index in [0.29, 0.717) is 19.6 Å². The second kappa shape index (κ2) is 8.03. The van der Waals surface area contributed by atoms with Gasteiger partial charge in [0.25, 0.3) is 0 Å². The van der Waals surface area contributed by atoms with E-state index >= 15 is 0 Å². The topological polar surface area (TPSA) is 69.7 Å². The van der Waals surface area contributed by atoms with Gasteiger partial charge in [-0.05, 0) is 42.9 Å². The molecule has 0 saturated carbocycles. The number of hydrogen-bond donors (Lipinski definition) is 1. The van der Waals surface area contributed by atoms with Crippen LogP contribution in [0.1, 0.15) is 48.4 Å². The number of aryl methyl sites for hydroxylation is 1. The first kappa shape index (κ1) is 19.1. The molecule has 1 N–H and O–H groups in total. The van der Waals surface area contributed by atoms with Crippen molar-refractivity contribution in [1.82, 2.24) is 4.37 Å². The number of rotatable bonds is 4. The molecule has 148 valence electrons. The molecule has 0 bridgehead atoms. The molecule has 7 heteroatoms. The molecule has 1 saturated heterocycles. The van der Waals surface area contributed by atoms with Crippen molar-refractivity contribution in [3.05, 3.63) is 52.5 Å². The van der Waals surface area contributed by atoms with Crippen LogP contribution < -0.4 is 5.32 Å². The van der Waals surface area contributed by atoms with E-state index in [9.17, 15) is 4.79 Å². The highest BCUT2D eigenvalue weighted by Gasteiger charge is 2.38. The van der Waals surface area contributed by atoms with Crippen molar-refractivity contribution in [1.29, 1.82) is 0 Å². The van der Waals surface area contributed by atoms with Gasteiger partial charge in [-0.25, -0.2) is 4.79 Å². The van der Waals surface area contributed by atoms with Gasteiger partial charge in [0.15, 0.2) is 5.79 Å². The molecule has 1 aliphatic heterocycles. The van der Waals surface area contributed by atoms with Crippen LogP contribution in [-0.4, -0.2) is 29.5 Å². The van der Waals surface area contributed by atoms with Crippen molar-refractivity contribution >= 4 is 28.9 Å². The van der Waals surface area contributed by atoms with Crippen LogP contribution in [0.15, 0.2) is 36.4 Å². The first-order chi connectivity index (χ1) is 13.6. The third-order valence-corrected chi connectivity index (χ3v) is 6.20. The van der Waals surface area contributed by atoms with E-state index in [-0.39, 0.29) is 6.10 Å². The number of carbonyl (C=O) groups excluding carboxylic acids is 1. The van der Waals surface area contributed by atoms with E-state index in [1.165, 1.54) is 17.1 Å². The third kappa shape index (κ3) is 3.97. The average Bonchev–Trinajstić information content (AvgIpc) is 3.31. The number of anilines is 1. The molecule has 1 aromatic carbocycles. The summed E-state index contributed by atoms with van der Waals surface area (Å²) >= 11 is 1.40. The summed E-state index contributed by atoms with van der Waals surface area (Å²) in [7, 11) is 0. The summed E-state index contributed by atoms with van der Waals surface area (Å²) < 4.78 is 21.6. The minimum atomic E-state index is -0.476. The molecule has 1 aromatic heterocycles. The van der Waals surface area contributed by atoms with Gasteiger partial charge in [0.1, 0.15) is 6.10 Å². The molecule has 0 unspecified atom stereocenters. The van der Waals surface area contributed by atoms with Gasteiger partial charge in [-0.1, -0.05) is 36.4 Å². The molecule has 1 spiro atoms. The Labute approximate surface area is 168 Å². The van der Waals surface area contributed by atoms with E-state index in [1.807, 2.05) is 44.2 Å². The van der Waals surface area contributed by atoms with E-state index in [4.69, 9.17) is 14.2 Å². The smallest absolute Gasteiger partial charge is 0.412 e. The van der Waals surface area contributed by atoms with E-state index in [2.05, 4.69) is 15.8 Å². The Morgan fingerprint density at radius 3 is 2.71 bits per heavy atom. The number of benzene rings is 1. The highest BCUT2D eigenvalue weighted by Crippen LogP contribution is 2.42. The monoisotopic (exact) mass is 400 g/mol. The summed E-state index contributed by atoms with van der Waals surface area (Å²) in [6, 6.07) is 9.68. The molecule has 2 heterocycles. The van der Waals surface area contributed by atoms with Crippen molar-refractivity contribution in [3.8, 4) is 0 Å². The lowest BCUT2D eigenvalue weighted by atomic mass is 9.92. The molecule has 28 heavy (non-hydrogen) atoms. The predicted octanol–water partition coefficient (Wildman–Crippen LogP) is 5.07. The maximum atomic E-state index is 12.5. The van der Waals surface area contributed by atoms with Crippen molar-refractivity contribution in [2.45, 2.75) is 45.0 Å². The Balaban J connectivity index is 1.45. The zero-order valence-corrected chi connectivity index (χ0v) is 16.9. The van der Waals surface area contributed by atoms with Crippen molar-refractivity contribution in [3.63, 3.8) is 0 Å². The SMILES string of the molecule is Cc1nsc(C2=CCC3(CC2)OCCO3)c1NC(=O)O[C@H](C)c1ccccc1. The van der Waals surface area contributed by atoms with Gasteiger partial charge in [-0.2, -0.15) is 4.37 Å². The summed E-state index contributed by atoms with van der Waals surface area (Å²) in [5.74, 6) is -0.457. The Bertz CT molecular complexity index is 872. The number of allylic oxidation sites excluding steroid dienone is 1. The van der Waals surface area contributed by atoms with Crippen LogP contribution >= 0.6 is 11.5 Å². The van der Waals surface area contributed by atoms with Crippen LogP contribution in [0.3, 0.4) is 0 Å². The molecule has 6 nitrogen and oxygen atoms in total. The molecule has 1 fully saturated rings. The minimum Gasteiger partial charge on any atom is -0.441 e. The first-order valence-corrected chi connectivity index (χ1v) is 10.3. The van der Waals surface area contributed by atoms with E-state index < -0.39 is 11.9 Å². The van der Waals surface area contributed by atoms with Crippen LogP contribution in [0, 0.1) is 6.92 Å². The Morgan fingerprint density at radius 2 is 2.04 bits per heavy atom. The van der Waals surface area contributed by atoms with Gasteiger partial charge < -0.3 is 14.2 Å². The number of hydrogen-bond acceptors (Lipinski definition) is 6. The van der Waals surface area contributed by atoms with Crippen LogP contribution in [0.2, 0.25) is 0 Å². The zero-order valence-electron chi connectivity index (χ0n) is 16.1. The molecule has 1 amide bonds. The van der Waals surface area contributed by atoms with Crippen LogP contribution in [-0.2, 0) is 14.2 Å². The van der Waals surface area contributed by atoms with Crippen molar-refractivity contribution in [2.75, 3.05) is 18.5 Å². The summed E-state index contributed by atoms with van der Waals surface area (Å²) in [6.07, 6.45) is 3.69. The highest BCUT2D eigenvalue weighted by molar-refractivity contribution is 7.07. The second-order valence-electron chi connectivity index (χ2n) is 7.10. The van der Waals surface area contributed by atoms with Crippen LogP contribution in [0.25, 0.3) is 5.57 Å². The quantitative estimate of drug-likeness (QED) is 0.776. The standard InChI is InChI=1S/C21H24N2O4S/c1-14-18(22-20(24)27-15(2)16-6-4-3-5-7-16)19(28-23-14)17-8-10-21(11-9-17)25-12-13-26-21/h3-8,15H,9-13H2,1-2H3,(H,22,24)/t15-/m1/s1. The fourth-order valence-electron chi connectivity index (χ4n) is 3.59. The Morgan fingerprint density at radius 1 is 1.29 bits per heavy atom. The normalized spacial score (nSPS) is 19.3. The van der Waals surface area contributed by atoms with Gasteiger partial charge in [0.2, 0.25) is 0 Å². The number of nitrogens with one attached hydrogen (secondary N) is 1. The maximum absolute atomic E-state index is 12.5. The largest absolute Gasteiger partial charge is 0.441 e. The molecule has 0 radical (unpaired) electrons. The van der Waals surface area contributed by atoms with Gasteiger partial charge in [0.05, 0.1) is 29.5 Å². The first-order valence-electron chi connectivity index (χ1n) is 9.52. The predicted molar refractivity (Wildman–Crippen MR) is 108 cm³/mol. The molecule has 2 aromatic rings. The van der Waals surface area contributed by atoms with Gasteiger partial charge in [-0.15, -0.1) is 0 Å². The number of amides is 1. The van der Waals surface area contributed by atoms with Crippen molar-refractivity contribution < 1.29 is 19.0 Å². The Kier molecular flexibility index (Phi) is 5.48. The lowest BCUT2D eigenvalue weighted by Gasteiger charge is -2.30. The molecule has 2 aliphatic rings. The molecular weight excluding hydrogens is 376 g/mol. The number of ether oxygens (including phenoxy) is 3. The van der Waals surface area contributed by atoms with Gasteiger partial charge in [-0.3, -0.25) is 5.32 Å². The minimum absolute atomic E-state index is 0.332. The van der Waals surface area contributed by atoms with Crippen LogP contribution in [0.5, 0.6) is 0 Å². The average molecular weight is 401 g/mol. The number of aromatic nitrogens is 1. The molecule has 1 atom stereocenters. The summed E-state index contributed by atoms with van der Waals surface area (Å²) in [5.41, 5.74) is 3.64. The number of nitrogens with zero attached hydrogens (tertiary/aromatic N) is 1. The third-order valence-electron chi connectivity index (χ3n) is 5.18. The summed E-state index contributed by atoms with van der Waals surface area (Å²) in [6.45, 7) is 5.06. The number of carbonyl (C=O) groups is 1. The summed E-state index contributed by atoms with van der Waals surface area (Å²) in [5, 5.41) is 2.90. The summed E-state index contributed by atoms with van der Waals surface area (Å²) in [4.78, 5) is 13.5. The highest BCUT2D eigenvalue weighted by atomic mass is 32.1. The Hall–Kier alpha value is -2.22. The maximum Gasteiger partial charge on any atom is 0.412 e. The molecular formula is C21H24N2O4S. The van der Waals surface area contributed by atoms with Gasteiger partial charge in [0, 0.05) is 12.8 Å². The fourth-order valence-corrected chi connectivity index (χ4v) is 4.51. The zero-order chi connectivity index (χ0) is 19.6. The molecule has 1 aliphatic carbocycles. The lowest BCUT2D eigenvalue weighted by Crippen LogP contribution is -2.31. The fraction of sp³-hybridized carbons (Fsp3) is 0.429. The van der Waals surface area contributed by atoms with Crippen LogP contribution in [0.4, 0.5) is 10.5 Å². The van der Waals surface area contributed by atoms with E-state index in [1.54, 1.807) is 0 Å². The second-order valence-corrected chi connectivity index (χ2v) is 7.87. The lowest BCUT2D eigenvalue weighted by molar-refractivity contribution is -0.159. The van der Waals surface area contributed by atoms with Crippen molar-refractivity contribution in [2.24, 2.45) is 0 Å². The van der Waals surface area contributed by atoms with Gasteiger partial charge >= 0.3 is 6.09 Å². The van der Waals surface area contributed by atoms with E-state index in [0.717, 1.165) is 34.7 Å². The molecule has 4 rings (SSSR count).